The zero-order valence-electron chi connectivity index (χ0n) is 15.8. The molecule has 0 unspecified atom stereocenters. The summed E-state index contributed by atoms with van der Waals surface area (Å²) in [6.45, 7) is 3.93. The summed E-state index contributed by atoms with van der Waals surface area (Å²) in [5.41, 5.74) is 3.90. The zero-order chi connectivity index (χ0) is 20.7. The van der Waals surface area contributed by atoms with Gasteiger partial charge >= 0.3 is 0 Å². The fourth-order valence-corrected chi connectivity index (χ4v) is 4.74. The number of aryl methyl sites for hydroxylation is 2. The number of carbonyl (C=O) groups is 1. The van der Waals surface area contributed by atoms with Crippen molar-refractivity contribution in [3.63, 3.8) is 0 Å². The summed E-state index contributed by atoms with van der Waals surface area (Å²) in [5.74, 6) is 0.401. The molecule has 0 fully saturated rings. The lowest BCUT2D eigenvalue weighted by atomic mass is 10.1. The molecule has 29 heavy (non-hydrogen) atoms. The van der Waals surface area contributed by atoms with Gasteiger partial charge in [0.1, 0.15) is 11.4 Å². The number of fused-ring (bicyclic) bond motifs is 1. The number of benzene rings is 2. The Hall–Kier alpha value is -3.33. The molecule has 0 saturated carbocycles. The van der Waals surface area contributed by atoms with Gasteiger partial charge in [0.25, 0.3) is 11.6 Å². The maximum absolute atomic E-state index is 12.9. The van der Waals surface area contributed by atoms with Crippen LogP contribution in [0.2, 0.25) is 0 Å². The van der Waals surface area contributed by atoms with E-state index in [4.69, 9.17) is 0 Å². The Bertz CT molecular complexity index is 1190. The molecule has 3 aromatic rings. The average Bonchev–Trinajstić information content (AvgIpc) is 3.18. The summed E-state index contributed by atoms with van der Waals surface area (Å²) < 4.78 is 13.7. The van der Waals surface area contributed by atoms with Crippen LogP contribution in [0, 0.1) is 24.0 Å². The zero-order valence-corrected chi connectivity index (χ0v) is 16.7. The summed E-state index contributed by atoms with van der Waals surface area (Å²) in [7, 11) is -1.08. The monoisotopic (exact) mass is 410 g/mol. The fraction of sp³-hybridized carbons (Fsp3) is 0.200. The van der Waals surface area contributed by atoms with Gasteiger partial charge in [-0.25, -0.2) is 4.68 Å². The van der Waals surface area contributed by atoms with Gasteiger partial charge in [-0.1, -0.05) is 29.8 Å². The van der Waals surface area contributed by atoms with Crippen LogP contribution in [0.15, 0.2) is 42.5 Å². The third-order valence-corrected chi connectivity index (χ3v) is 6.03. The second-order valence-electron chi connectivity index (χ2n) is 6.93. The minimum atomic E-state index is -1.08. The first-order valence-electron chi connectivity index (χ1n) is 8.93. The van der Waals surface area contributed by atoms with Crippen LogP contribution < -0.4 is 5.32 Å². The Labute approximate surface area is 169 Å². The highest BCUT2D eigenvalue weighted by molar-refractivity contribution is 7.83. The van der Waals surface area contributed by atoms with Crippen LogP contribution in [-0.2, 0) is 22.3 Å². The number of aromatic nitrogens is 2. The maximum Gasteiger partial charge on any atom is 0.282 e. The number of hydrogen-bond acceptors (Lipinski definition) is 5. The van der Waals surface area contributed by atoms with Crippen LogP contribution in [0.25, 0.3) is 5.69 Å². The van der Waals surface area contributed by atoms with Crippen LogP contribution in [0.3, 0.4) is 0 Å². The van der Waals surface area contributed by atoms with Gasteiger partial charge in [0.15, 0.2) is 0 Å². The van der Waals surface area contributed by atoms with Crippen molar-refractivity contribution in [3.8, 4) is 5.69 Å². The van der Waals surface area contributed by atoms with E-state index in [1.165, 1.54) is 18.2 Å². The number of nitro benzene ring substituents is 1. The molecule has 0 bridgehead atoms. The number of nitrogens with one attached hydrogen (secondary N) is 1. The summed E-state index contributed by atoms with van der Waals surface area (Å²) in [4.78, 5) is 23.6. The quantitative estimate of drug-likeness (QED) is 0.524. The molecule has 1 N–H and O–H groups in total. The highest BCUT2D eigenvalue weighted by Crippen LogP contribution is 2.33. The molecule has 0 aliphatic carbocycles. The number of nitrogens with zero attached hydrogens (tertiary/aromatic N) is 3. The van der Waals surface area contributed by atoms with Gasteiger partial charge in [0.05, 0.1) is 27.8 Å². The van der Waals surface area contributed by atoms with Crippen molar-refractivity contribution < 1.29 is 13.9 Å². The van der Waals surface area contributed by atoms with Gasteiger partial charge in [0, 0.05) is 22.4 Å². The Morgan fingerprint density at radius 2 is 1.97 bits per heavy atom. The SMILES string of the molecule is Cc1ccc(-n2nc3c(c2NC(=O)c2ccccc2[N+](=O)[O-])C[S@@](=O)C3)c(C)c1. The smallest absolute Gasteiger partial charge is 0.282 e. The van der Waals surface area contributed by atoms with E-state index in [2.05, 4.69) is 10.4 Å². The number of amides is 1. The first kappa shape index (κ1) is 19.0. The third-order valence-electron chi connectivity index (χ3n) is 4.83. The predicted octanol–water partition coefficient (Wildman–Crippen LogP) is 3.41. The third kappa shape index (κ3) is 3.44. The number of rotatable bonds is 4. The van der Waals surface area contributed by atoms with Gasteiger partial charge in [-0.05, 0) is 31.5 Å². The normalized spacial score (nSPS) is 15.2. The van der Waals surface area contributed by atoms with Crippen LogP contribution in [0.5, 0.6) is 0 Å². The van der Waals surface area contributed by atoms with E-state index in [1.54, 1.807) is 10.7 Å². The first-order valence-corrected chi connectivity index (χ1v) is 10.4. The standard InChI is InChI=1S/C20H18N4O4S/c1-12-7-8-17(13(2)9-12)23-19(15-10-29(28)11-16(15)22-23)21-20(25)14-5-3-4-6-18(14)24(26)27/h3-9H,10-11H2,1-2H3,(H,21,25)/t29-/m1/s1. The summed E-state index contributed by atoms with van der Waals surface area (Å²) in [6.07, 6.45) is 0. The lowest BCUT2D eigenvalue weighted by Crippen LogP contribution is -2.18. The van der Waals surface area contributed by atoms with Gasteiger partial charge in [-0.3, -0.25) is 19.1 Å². The van der Waals surface area contributed by atoms with Gasteiger partial charge in [-0.2, -0.15) is 5.10 Å². The lowest BCUT2D eigenvalue weighted by molar-refractivity contribution is -0.385. The van der Waals surface area contributed by atoms with Crippen molar-refractivity contribution in [1.82, 2.24) is 9.78 Å². The first-order chi connectivity index (χ1) is 13.8. The molecule has 4 rings (SSSR count). The second kappa shape index (κ2) is 7.25. The van der Waals surface area contributed by atoms with Crippen molar-refractivity contribution in [3.05, 3.63) is 80.5 Å². The fourth-order valence-electron chi connectivity index (χ4n) is 3.47. The number of para-hydroxylation sites is 1. The molecule has 2 aromatic carbocycles. The molecule has 1 aromatic heterocycles. The minimum absolute atomic E-state index is 0.0428. The van der Waals surface area contributed by atoms with Crippen LogP contribution in [0.4, 0.5) is 11.5 Å². The van der Waals surface area contributed by atoms with Crippen LogP contribution in [-0.4, -0.2) is 24.8 Å². The molecule has 148 valence electrons. The molecule has 2 heterocycles. The molecule has 0 saturated heterocycles. The van der Waals surface area contributed by atoms with Crippen molar-refractivity contribution in [2.24, 2.45) is 0 Å². The Morgan fingerprint density at radius 3 is 2.69 bits per heavy atom. The Kier molecular flexibility index (Phi) is 4.75. The number of hydrogen-bond donors (Lipinski definition) is 1. The summed E-state index contributed by atoms with van der Waals surface area (Å²) >= 11 is 0. The highest BCUT2D eigenvalue weighted by atomic mass is 32.2. The molecule has 1 aliphatic rings. The highest BCUT2D eigenvalue weighted by Gasteiger charge is 2.30. The second-order valence-corrected chi connectivity index (χ2v) is 8.39. The van der Waals surface area contributed by atoms with E-state index < -0.39 is 21.6 Å². The molecule has 1 atom stereocenters. The largest absolute Gasteiger partial charge is 0.306 e. The van der Waals surface area contributed by atoms with E-state index in [-0.39, 0.29) is 17.0 Å². The van der Waals surface area contributed by atoms with E-state index in [1.807, 2.05) is 32.0 Å². The van der Waals surface area contributed by atoms with Gasteiger partial charge < -0.3 is 5.32 Å². The van der Waals surface area contributed by atoms with Crippen molar-refractivity contribution in [1.29, 1.82) is 0 Å². The predicted molar refractivity (Wildman–Crippen MR) is 110 cm³/mol. The Morgan fingerprint density at radius 1 is 1.21 bits per heavy atom. The van der Waals surface area contributed by atoms with Gasteiger partial charge in [0.2, 0.25) is 0 Å². The average molecular weight is 410 g/mol. The molecule has 0 radical (unpaired) electrons. The van der Waals surface area contributed by atoms with E-state index in [0.717, 1.165) is 16.8 Å². The van der Waals surface area contributed by atoms with Crippen molar-refractivity contribution >= 4 is 28.2 Å². The van der Waals surface area contributed by atoms with Crippen molar-refractivity contribution in [2.45, 2.75) is 25.4 Å². The number of nitro groups is 1. The molecule has 9 heteroatoms. The molecule has 0 spiro atoms. The number of anilines is 1. The molecular formula is C20H18N4O4S. The topological polar surface area (TPSA) is 107 Å². The van der Waals surface area contributed by atoms with E-state index in [9.17, 15) is 19.1 Å². The molecule has 1 aliphatic heterocycles. The number of carbonyl (C=O) groups excluding carboxylic acids is 1. The molecule has 1 amide bonds. The minimum Gasteiger partial charge on any atom is -0.306 e. The van der Waals surface area contributed by atoms with Gasteiger partial charge in [-0.15, -0.1) is 0 Å². The Balaban J connectivity index is 1.80. The lowest BCUT2D eigenvalue weighted by Gasteiger charge is -2.13. The summed E-state index contributed by atoms with van der Waals surface area (Å²) in [6, 6.07) is 11.6. The maximum atomic E-state index is 12.9. The van der Waals surface area contributed by atoms with E-state index >= 15 is 0 Å². The molecular weight excluding hydrogens is 392 g/mol. The molecule has 8 nitrogen and oxygen atoms in total. The summed E-state index contributed by atoms with van der Waals surface area (Å²) in [5, 5.41) is 18.7. The van der Waals surface area contributed by atoms with Crippen molar-refractivity contribution in [2.75, 3.05) is 5.32 Å². The van der Waals surface area contributed by atoms with Crippen LogP contribution >= 0.6 is 0 Å². The van der Waals surface area contributed by atoms with E-state index in [0.29, 0.717) is 22.8 Å². The van der Waals surface area contributed by atoms with Crippen LogP contribution in [0.1, 0.15) is 32.7 Å².